The number of nitrogens with zero attached hydrogens (tertiary/aromatic N) is 3. The van der Waals surface area contributed by atoms with Crippen molar-refractivity contribution in [3.05, 3.63) is 17.3 Å². The predicted molar refractivity (Wildman–Crippen MR) is 75.6 cm³/mol. The topological polar surface area (TPSA) is 83.7 Å². The van der Waals surface area contributed by atoms with Gasteiger partial charge in [-0.1, -0.05) is 19.3 Å². The Bertz CT molecular complexity index is 611. The first-order chi connectivity index (χ1) is 10.5. The summed E-state index contributed by atoms with van der Waals surface area (Å²) in [6.07, 6.45) is 4.62. The second-order valence-corrected chi connectivity index (χ2v) is 5.89. The number of hydrogen-bond donors (Lipinski definition) is 0. The summed E-state index contributed by atoms with van der Waals surface area (Å²) in [7, 11) is 0. The summed E-state index contributed by atoms with van der Waals surface area (Å²) in [5.41, 5.74) is 0.713. The number of aryl methyl sites for hydroxylation is 2. The highest BCUT2D eigenvalue weighted by molar-refractivity contribution is 6.44. The van der Waals surface area contributed by atoms with Gasteiger partial charge >= 0.3 is 17.8 Å². The molecule has 0 N–H and O–H groups in total. The molecule has 0 spiro atoms. The number of imide groups is 2. The third kappa shape index (κ3) is 2.40. The van der Waals surface area contributed by atoms with Crippen LogP contribution in [0.5, 0.6) is 0 Å². The Hall–Kier alpha value is -2.18. The first-order valence-electron chi connectivity index (χ1n) is 7.61. The number of carbonyl (C=O) groups excluding carboxylic acids is 3. The van der Waals surface area contributed by atoms with Crippen molar-refractivity contribution in [2.24, 2.45) is 0 Å². The fourth-order valence-electron chi connectivity index (χ4n) is 3.07. The number of rotatable bonds is 3. The number of oxazole rings is 1. The van der Waals surface area contributed by atoms with E-state index in [1.54, 1.807) is 13.8 Å². The van der Waals surface area contributed by atoms with Gasteiger partial charge in [0.05, 0.1) is 5.69 Å². The maximum atomic E-state index is 12.5. The van der Waals surface area contributed by atoms with Crippen molar-refractivity contribution in [2.75, 3.05) is 0 Å². The van der Waals surface area contributed by atoms with Crippen LogP contribution in [0.15, 0.2) is 4.42 Å². The molecule has 22 heavy (non-hydrogen) atoms. The smallest absolute Gasteiger partial charge is 0.334 e. The Morgan fingerprint density at radius 1 is 1.09 bits per heavy atom. The Balaban J connectivity index is 1.79. The SMILES string of the molecule is Cc1nc(CN2C(=O)C(=O)N(C3CCCCC3)C2=O)oc1C. The highest BCUT2D eigenvalue weighted by Gasteiger charge is 2.48. The highest BCUT2D eigenvalue weighted by Crippen LogP contribution is 2.27. The van der Waals surface area contributed by atoms with Crippen LogP contribution in [0, 0.1) is 13.8 Å². The number of hydrogen-bond acceptors (Lipinski definition) is 5. The molecule has 3 rings (SSSR count). The highest BCUT2D eigenvalue weighted by atomic mass is 16.4. The van der Waals surface area contributed by atoms with Crippen molar-refractivity contribution in [3.63, 3.8) is 0 Å². The Labute approximate surface area is 128 Å². The number of urea groups is 1. The molecule has 0 radical (unpaired) electrons. The molecule has 1 aromatic heterocycles. The lowest BCUT2D eigenvalue weighted by atomic mass is 9.94. The molecule has 1 aliphatic heterocycles. The molecule has 2 heterocycles. The summed E-state index contributed by atoms with van der Waals surface area (Å²) in [5, 5.41) is 0. The zero-order valence-electron chi connectivity index (χ0n) is 12.8. The molecule has 0 unspecified atom stereocenters. The van der Waals surface area contributed by atoms with Crippen LogP contribution in [0.4, 0.5) is 4.79 Å². The second kappa shape index (κ2) is 5.55. The Morgan fingerprint density at radius 3 is 2.36 bits per heavy atom. The van der Waals surface area contributed by atoms with Gasteiger partial charge < -0.3 is 4.42 Å². The minimum absolute atomic E-state index is 0.0959. The average Bonchev–Trinajstić information content (AvgIpc) is 2.92. The normalized spacial score (nSPS) is 20.4. The van der Waals surface area contributed by atoms with Crippen LogP contribution in [-0.2, 0) is 16.1 Å². The molecule has 2 aliphatic rings. The van der Waals surface area contributed by atoms with Crippen molar-refractivity contribution in [1.29, 1.82) is 0 Å². The molecule has 0 bridgehead atoms. The van der Waals surface area contributed by atoms with E-state index in [0.717, 1.165) is 41.9 Å². The third-order valence-electron chi connectivity index (χ3n) is 4.39. The maximum Gasteiger partial charge on any atom is 0.334 e. The molecule has 1 aliphatic carbocycles. The lowest BCUT2D eigenvalue weighted by molar-refractivity contribution is -0.144. The second-order valence-electron chi connectivity index (χ2n) is 5.89. The quantitative estimate of drug-likeness (QED) is 0.629. The van der Waals surface area contributed by atoms with Gasteiger partial charge in [-0.05, 0) is 26.7 Å². The number of amides is 4. The van der Waals surface area contributed by atoms with Gasteiger partial charge in [-0.3, -0.25) is 14.5 Å². The largest absolute Gasteiger partial charge is 0.444 e. The zero-order valence-corrected chi connectivity index (χ0v) is 12.8. The Morgan fingerprint density at radius 2 is 1.77 bits per heavy atom. The molecular weight excluding hydrogens is 286 g/mol. The van der Waals surface area contributed by atoms with Crippen LogP contribution in [0.2, 0.25) is 0 Å². The van der Waals surface area contributed by atoms with Crippen LogP contribution in [-0.4, -0.2) is 38.7 Å². The lowest BCUT2D eigenvalue weighted by Crippen LogP contribution is -2.42. The molecule has 7 heteroatoms. The first-order valence-corrected chi connectivity index (χ1v) is 7.61. The average molecular weight is 305 g/mol. The summed E-state index contributed by atoms with van der Waals surface area (Å²) in [6, 6.07) is -0.703. The molecule has 1 saturated carbocycles. The monoisotopic (exact) mass is 305 g/mol. The number of aromatic nitrogens is 1. The lowest BCUT2D eigenvalue weighted by Gasteiger charge is -2.28. The zero-order chi connectivity index (χ0) is 15.9. The fraction of sp³-hybridized carbons (Fsp3) is 0.600. The van der Waals surface area contributed by atoms with Gasteiger partial charge in [0.2, 0.25) is 5.89 Å². The summed E-state index contributed by atoms with van der Waals surface area (Å²) in [5.74, 6) is -0.597. The van der Waals surface area contributed by atoms with Crippen LogP contribution < -0.4 is 0 Å². The van der Waals surface area contributed by atoms with E-state index in [1.165, 1.54) is 0 Å². The third-order valence-corrected chi connectivity index (χ3v) is 4.39. The molecule has 2 fully saturated rings. The van der Waals surface area contributed by atoms with Crippen LogP contribution in [0.25, 0.3) is 0 Å². The van der Waals surface area contributed by atoms with Crippen molar-refractivity contribution in [1.82, 2.24) is 14.8 Å². The van der Waals surface area contributed by atoms with Gasteiger partial charge in [0.15, 0.2) is 0 Å². The molecule has 7 nitrogen and oxygen atoms in total. The fourth-order valence-corrected chi connectivity index (χ4v) is 3.07. The van der Waals surface area contributed by atoms with Crippen LogP contribution >= 0.6 is 0 Å². The summed E-state index contributed by atoms with van der Waals surface area (Å²) in [6.45, 7) is 3.45. The molecular formula is C15H19N3O4. The van der Waals surface area contributed by atoms with E-state index in [2.05, 4.69) is 4.98 Å². The molecule has 4 amide bonds. The molecule has 0 atom stereocenters. The molecule has 1 aromatic rings. The van der Waals surface area contributed by atoms with Crippen molar-refractivity contribution >= 4 is 17.8 Å². The summed E-state index contributed by atoms with van der Waals surface area (Å²) in [4.78, 5) is 42.9. The van der Waals surface area contributed by atoms with Crippen LogP contribution in [0.1, 0.15) is 49.4 Å². The van der Waals surface area contributed by atoms with Crippen molar-refractivity contribution in [2.45, 2.75) is 58.5 Å². The van der Waals surface area contributed by atoms with Gasteiger partial charge in [-0.2, -0.15) is 0 Å². The van der Waals surface area contributed by atoms with Gasteiger partial charge in [-0.25, -0.2) is 14.7 Å². The van der Waals surface area contributed by atoms with Gasteiger partial charge in [-0.15, -0.1) is 0 Å². The minimum Gasteiger partial charge on any atom is -0.444 e. The van der Waals surface area contributed by atoms with Crippen molar-refractivity contribution < 1.29 is 18.8 Å². The van der Waals surface area contributed by atoms with Gasteiger partial charge in [0.1, 0.15) is 12.3 Å². The standard InChI is InChI=1S/C15H19N3O4/c1-9-10(2)22-12(16-9)8-17-13(19)14(20)18(15(17)21)11-6-4-3-5-7-11/h11H,3-8H2,1-2H3. The van der Waals surface area contributed by atoms with Crippen molar-refractivity contribution in [3.8, 4) is 0 Å². The summed E-state index contributed by atoms with van der Waals surface area (Å²) >= 11 is 0. The predicted octanol–water partition coefficient (Wildman–Crippen LogP) is 1.91. The summed E-state index contributed by atoms with van der Waals surface area (Å²) < 4.78 is 5.40. The van der Waals surface area contributed by atoms with Crippen LogP contribution in [0.3, 0.4) is 0 Å². The number of carbonyl (C=O) groups is 3. The first kappa shape index (κ1) is 14.7. The van der Waals surface area contributed by atoms with E-state index in [4.69, 9.17) is 4.42 Å². The Kier molecular flexibility index (Phi) is 3.72. The molecule has 1 saturated heterocycles. The van der Waals surface area contributed by atoms with Gasteiger partial charge in [0, 0.05) is 6.04 Å². The van der Waals surface area contributed by atoms with E-state index in [9.17, 15) is 14.4 Å². The van der Waals surface area contributed by atoms with E-state index >= 15 is 0 Å². The van der Waals surface area contributed by atoms with E-state index in [1.807, 2.05) is 0 Å². The molecule has 118 valence electrons. The molecule has 0 aromatic carbocycles. The van der Waals surface area contributed by atoms with Gasteiger partial charge in [0.25, 0.3) is 0 Å². The van der Waals surface area contributed by atoms with E-state index in [0.29, 0.717) is 11.5 Å². The maximum absolute atomic E-state index is 12.5. The van der Waals surface area contributed by atoms with E-state index in [-0.39, 0.29) is 18.5 Å². The van der Waals surface area contributed by atoms with E-state index < -0.39 is 17.8 Å². The minimum atomic E-state index is -0.788.